The molecule has 0 saturated heterocycles. The summed E-state index contributed by atoms with van der Waals surface area (Å²) in [6.07, 6.45) is 0. The molecule has 0 atom stereocenters. The van der Waals surface area contributed by atoms with E-state index in [0.29, 0.717) is 0 Å². The van der Waals surface area contributed by atoms with E-state index in [-0.39, 0.29) is 0 Å². The van der Waals surface area contributed by atoms with Crippen molar-refractivity contribution in [3.63, 3.8) is 0 Å². The molecule has 0 fully saturated rings. The maximum Gasteiger partial charge on any atom is 0.346 e. The summed E-state index contributed by atoms with van der Waals surface area (Å²) in [6.45, 7) is 0. The molecular weight excluding hydrogens is 641 g/mol. The molecule has 0 unspecified atom stereocenters. The molecular formula is C46H36O2Si2. The van der Waals surface area contributed by atoms with Gasteiger partial charge in [0.05, 0.1) is 0 Å². The molecule has 0 N–H and O–H groups in total. The molecule has 8 aromatic carbocycles. The topological polar surface area (TPSA) is 18.5 Å². The van der Waals surface area contributed by atoms with E-state index in [1.54, 1.807) is 0 Å². The maximum absolute atomic E-state index is 7.61. The third kappa shape index (κ3) is 5.64. The van der Waals surface area contributed by atoms with Gasteiger partial charge in [-0.25, -0.2) is 0 Å². The van der Waals surface area contributed by atoms with Crippen LogP contribution >= 0.6 is 0 Å². The van der Waals surface area contributed by atoms with Crippen molar-refractivity contribution < 1.29 is 8.85 Å². The van der Waals surface area contributed by atoms with Gasteiger partial charge in [0.25, 0.3) is 0 Å². The molecule has 0 aliphatic rings. The van der Waals surface area contributed by atoms with Crippen LogP contribution in [-0.4, -0.2) is 16.6 Å². The minimum atomic E-state index is -3.04. The summed E-state index contributed by atoms with van der Waals surface area (Å²) in [6, 6.07) is 77.1. The van der Waals surface area contributed by atoms with Crippen molar-refractivity contribution in [2.75, 3.05) is 0 Å². The predicted molar refractivity (Wildman–Crippen MR) is 213 cm³/mol. The van der Waals surface area contributed by atoms with E-state index in [2.05, 4.69) is 218 Å². The lowest BCUT2D eigenvalue weighted by atomic mass is 10.1. The molecule has 0 bridgehead atoms. The monoisotopic (exact) mass is 676 g/mol. The summed E-state index contributed by atoms with van der Waals surface area (Å²) in [5, 5.41) is 9.14. The van der Waals surface area contributed by atoms with Gasteiger partial charge in [-0.1, -0.05) is 206 Å². The summed E-state index contributed by atoms with van der Waals surface area (Å²) >= 11 is 0. The molecule has 0 aliphatic carbocycles. The van der Waals surface area contributed by atoms with Crippen molar-refractivity contribution in [2.24, 2.45) is 0 Å². The van der Waals surface area contributed by atoms with Gasteiger partial charge in [0.1, 0.15) is 11.5 Å². The van der Waals surface area contributed by atoms with Gasteiger partial charge in [-0.2, -0.15) is 0 Å². The highest BCUT2D eigenvalue weighted by Gasteiger charge is 2.46. The van der Waals surface area contributed by atoms with Crippen LogP contribution in [0.25, 0.3) is 10.8 Å². The SMILES string of the molecule is c1ccc([Si](Oc2ccc(O[Si](c3ccccc3)(c3ccccc3)c3ccccc3)c3ccccc23)(c2ccccc2)c2ccccc2)cc1. The van der Waals surface area contributed by atoms with Crippen molar-refractivity contribution in [1.82, 2.24) is 0 Å². The van der Waals surface area contributed by atoms with Crippen molar-refractivity contribution in [1.29, 1.82) is 0 Å². The van der Waals surface area contributed by atoms with Crippen LogP contribution in [0.1, 0.15) is 0 Å². The van der Waals surface area contributed by atoms with Crippen LogP contribution in [0.5, 0.6) is 11.5 Å². The zero-order valence-electron chi connectivity index (χ0n) is 27.6. The average Bonchev–Trinajstić information content (AvgIpc) is 3.21. The van der Waals surface area contributed by atoms with Gasteiger partial charge < -0.3 is 8.85 Å². The lowest BCUT2D eigenvalue weighted by Gasteiger charge is -2.35. The Morgan fingerprint density at radius 3 is 0.640 bits per heavy atom. The molecule has 8 rings (SSSR count). The van der Waals surface area contributed by atoms with Crippen LogP contribution in [-0.2, 0) is 0 Å². The van der Waals surface area contributed by atoms with Gasteiger partial charge in [0.15, 0.2) is 0 Å². The van der Waals surface area contributed by atoms with E-state index in [1.807, 2.05) is 0 Å². The zero-order valence-corrected chi connectivity index (χ0v) is 29.6. The first kappa shape index (κ1) is 31.3. The quantitative estimate of drug-likeness (QED) is 0.116. The summed E-state index contributed by atoms with van der Waals surface area (Å²) in [7, 11) is -6.07. The Morgan fingerprint density at radius 2 is 0.420 bits per heavy atom. The average molecular weight is 677 g/mol. The number of hydrogen-bond donors (Lipinski definition) is 0. The normalized spacial score (nSPS) is 11.6. The van der Waals surface area contributed by atoms with Crippen LogP contribution in [0.15, 0.2) is 218 Å². The molecule has 8 aromatic rings. The summed E-state index contributed by atoms with van der Waals surface area (Å²) in [5.74, 6) is 1.67. The van der Waals surface area contributed by atoms with E-state index in [9.17, 15) is 0 Å². The first-order chi connectivity index (χ1) is 24.8. The Balaban J connectivity index is 1.34. The van der Waals surface area contributed by atoms with E-state index in [0.717, 1.165) is 22.3 Å². The molecule has 4 heteroatoms. The fourth-order valence-electron chi connectivity index (χ4n) is 7.14. The van der Waals surface area contributed by atoms with Crippen LogP contribution in [0.4, 0.5) is 0 Å². The lowest BCUT2D eigenvalue weighted by molar-refractivity contribution is 0.571. The lowest BCUT2D eigenvalue weighted by Crippen LogP contribution is -2.71. The highest BCUT2D eigenvalue weighted by molar-refractivity contribution is 7.08. The van der Waals surface area contributed by atoms with Crippen molar-refractivity contribution in [3.05, 3.63) is 218 Å². The maximum atomic E-state index is 7.61. The van der Waals surface area contributed by atoms with Gasteiger partial charge >= 0.3 is 16.6 Å². The minimum absolute atomic E-state index is 0.836. The van der Waals surface area contributed by atoms with E-state index in [4.69, 9.17) is 8.85 Å². The van der Waals surface area contributed by atoms with Crippen molar-refractivity contribution >= 4 is 58.5 Å². The molecule has 2 nitrogen and oxygen atoms in total. The molecule has 0 aromatic heterocycles. The summed E-state index contributed by atoms with van der Waals surface area (Å²) < 4.78 is 15.2. The van der Waals surface area contributed by atoms with Crippen LogP contribution < -0.4 is 40.0 Å². The Hall–Kier alpha value is -5.95. The fraction of sp³-hybridized carbons (Fsp3) is 0. The highest BCUT2D eigenvalue weighted by Crippen LogP contribution is 2.36. The molecule has 0 aliphatic heterocycles. The smallest absolute Gasteiger partial charge is 0.346 e. The first-order valence-corrected chi connectivity index (χ1v) is 20.8. The number of rotatable bonds is 10. The van der Waals surface area contributed by atoms with Crippen LogP contribution in [0.3, 0.4) is 0 Å². The molecule has 240 valence electrons. The predicted octanol–water partition coefficient (Wildman–Crippen LogP) is 6.93. The Labute approximate surface area is 296 Å². The molecule has 0 saturated carbocycles. The molecule has 0 amide bonds. The Morgan fingerprint density at radius 1 is 0.220 bits per heavy atom. The van der Waals surface area contributed by atoms with E-state index in [1.165, 1.54) is 31.1 Å². The number of benzene rings is 8. The van der Waals surface area contributed by atoms with Crippen LogP contribution in [0, 0.1) is 0 Å². The minimum Gasteiger partial charge on any atom is -0.530 e. The third-order valence-corrected chi connectivity index (χ3v) is 17.4. The molecule has 0 radical (unpaired) electrons. The Kier molecular flexibility index (Phi) is 8.70. The first-order valence-electron chi connectivity index (χ1n) is 17.0. The van der Waals surface area contributed by atoms with Gasteiger partial charge in [0.2, 0.25) is 0 Å². The van der Waals surface area contributed by atoms with Gasteiger partial charge in [0, 0.05) is 10.8 Å². The van der Waals surface area contributed by atoms with Gasteiger partial charge in [-0.05, 0) is 43.3 Å². The zero-order chi connectivity index (χ0) is 33.6. The summed E-state index contributed by atoms with van der Waals surface area (Å²) in [4.78, 5) is 0. The molecule has 50 heavy (non-hydrogen) atoms. The second-order valence-electron chi connectivity index (χ2n) is 12.4. The summed E-state index contributed by atoms with van der Waals surface area (Å²) in [5.41, 5.74) is 0. The molecule has 0 spiro atoms. The second kappa shape index (κ2) is 13.9. The Bertz CT molecular complexity index is 1940. The second-order valence-corrected chi connectivity index (χ2v) is 19.0. The molecule has 0 heterocycles. The third-order valence-electron chi connectivity index (χ3n) is 9.45. The number of hydrogen-bond acceptors (Lipinski definition) is 2. The van der Waals surface area contributed by atoms with E-state index >= 15 is 0 Å². The van der Waals surface area contributed by atoms with Gasteiger partial charge in [-0.15, -0.1) is 0 Å². The number of fused-ring (bicyclic) bond motifs is 1. The largest absolute Gasteiger partial charge is 0.530 e. The van der Waals surface area contributed by atoms with Gasteiger partial charge in [-0.3, -0.25) is 0 Å². The fourth-order valence-corrected chi connectivity index (χ4v) is 14.8. The van der Waals surface area contributed by atoms with Crippen LogP contribution in [0.2, 0.25) is 0 Å². The highest BCUT2D eigenvalue weighted by atomic mass is 28.4. The van der Waals surface area contributed by atoms with Crippen molar-refractivity contribution in [3.8, 4) is 11.5 Å². The van der Waals surface area contributed by atoms with E-state index < -0.39 is 16.6 Å². The standard InChI is InChI=1S/C46H36O2Si2/c1-7-21-37(22-8-1)49(38-23-9-2-10-24-38,39-25-11-3-12-26-39)47-45-35-36-46(44-34-20-19-33-43(44)45)48-50(40-27-13-4-14-28-40,41-29-15-5-16-30-41)42-31-17-6-18-32-42/h1-36H. The van der Waals surface area contributed by atoms with Crippen molar-refractivity contribution in [2.45, 2.75) is 0 Å².